The molecule has 1 N–H and O–H groups in total. The van der Waals surface area contributed by atoms with Gasteiger partial charge in [0, 0.05) is 5.56 Å². The highest BCUT2D eigenvalue weighted by Crippen LogP contribution is 2.21. The van der Waals surface area contributed by atoms with E-state index >= 15 is 0 Å². The van der Waals surface area contributed by atoms with E-state index in [-0.39, 0.29) is 0 Å². The van der Waals surface area contributed by atoms with Crippen LogP contribution in [0.2, 0.25) is 0 Å². The Morgan fingerprint density at radius 2 is 2.07 bits per heavy atom. The van der Waals surface area contributed by atoms with Crippen LogP contribution < -0.4 is 0 Å². The third-order valence-electron chi connectivity index (χ3n) is 1.84. The van der Waals surface area contributed by atoms with Gasteiger partial charge in [0.25, 0.3) is 0 Å². The fourth-order valence-corrected chi connectivity index (χ4v) is 1.62. The van der Waals surface area contributed by atoms with Crippen LogP contribution in [0.1, 0.15) is 0 Å². The molecule has 4 heteroatoms. The molecule has 1 heterocycles. The molecule has 3 nitrogen and oxygen atoms in total. The first-order valence-corrected chi connectivity index (χ1v) is 5.13. The summed E-state index contributed by atoms with van der Waals surface area (Å²) in [5.41, 5.74) is 0.801. The van der Waals surface area contributed by atoms with E-state index in [1.807, 2.05) is 6.07 Å². The Hall–Kier alpha value is -1.39. The second kappa shape index (κ2) is 3.77. The molecule has 0 radical (unpaired) electrons. The van der Waals surface area contributed by atoms with Crippen molar-refractivity contribution in [3.63, 3.8) is 0 Å². The standard InChI is InChI=1S/C10H8O3S/c11-14(12)9-4-1-3-8(7-9)10-5-2-6-13-10/h1-7H,(H,11,12). The van der Waals surface area contributed by atoms with Crippen LogP contribution in [0.4, 0.5) is 0 Å². The van der Waals surface area contributed by atoms with Crippen molar-refractivity contribution in [2.45, 2.75) is 4.90 Å². The molecule has 72 valence electrons. The van der Waals surface area contributed by atoms with Crippen LogP contribution in [0.3, 0.4) is 0 Å². The monoisotopic (exact) mass is 208 g/mol. The molecule has 1 aromatic carbocycles. The first-order chi connectivity index (χ1) is 6.77. The van der Waals surface area contributed by atoms with Crippen molar-refractivity contribution in [1.29, 1.82) is 0 Å². The smallest absolute Gasteiger partial charge is 0.186 e. The highest BCUT2D eigenvalue weighted by atomic mass is 32.2. The Kier molecular flexibility index (Phi) is 2.47. The maximum atomic E-state index is 10.8. The Balaban J connectivity index is 2.46. The molecule has 0 fully saturated rings. The fraction of sp³-hybridized carbons (Fsp3) is 0. The van der Waals surface area contributed by atoms with E-state index in [9.17, 15) is 4.21 Å². The average Bonchev–Trinajstić information content (AvgIpc) is 2.71. The third-order valence-corrected chi connectivity index (χ3v) is 2.50. The zero-order valence-electron chi connectivity index (χ0n) is 7.21. The van der Waals surface area contributed by atoms with E-state index in [0.717, 1.165) is 5.56 Å². The average molecular weight is 208 g/mol. The van der Waals surface area contributed by atoms with Gasteiger partial charge >= 0.3 is 0 Å². The summed E-state index contributed by atoms with van der Waals surface area (Å²) in [5.74, 6) is 0.692. The van der Waals surface area contributed by atoms with Crippen molar-refractivity contribution in [2.24, 2.45) is 0 Å². The number of hydrogen-bond donors (Lipinski definition) is 1. The molecule has 0 bridgehead atoms. The summed E-state index contributed by atoms with van der Waals surface area (Å²) in [5, 5.41) is 0. The second-order valence-electron chi connectivity index (χ2n) is 2.75. The highest BCUT2D eigenvalue weighted by Gasteiger charge is 2.04. The molecule has 0 saturated heterocycles. The summed E-state index contributed by atoms with van der Waals surface area (Å²) in [6.45, 7) is 0. The third kappa shape index (κ3) is 1.76. The van der Waals surface area contributed by atoms with Crippen molar-refractivity contribution in [1.82, 2.24) is 0 Å². The summed E-state index contributed by atoms with van der Waals surface area (Å²) >= 11 is -1.94. The van der Waals surface area contributed by atoms with Crippen molar-refractivity contribution < 1.29 is 13.2 Å². The van der Waals surface area contributed by atoms with Crippen LogP contribution in [0, 0.1) is 0 Å². The first kappa shape index (κ1) is 9.18. The lowest BCUT2D eigenvalue weighted by Crippen LogP contribution is -1.87. The SMILES string of the molecule is O=S(O)c1cccc(-c2ccco2)c1. The van der Waals surface area contributed by atoms with Crippen LogP contribution in [-0.2, 0) is 11.1 Å². The molecule has 1 unspecified atom stereocenters. The van der Waals surface area contributed by atoms with Crippen molar-refractivity contribution in [2.75, 3.05) is 0 Å². The zero-order valence-corrected chi connectivity index (χ0v) is 8.03. The molecule has 14 heavy (non-hydrogen) atoms. The van der Waals surface area contributed by atoms with E-state index in [4.69, 9.17) is 8.97 Å². The van der Waals surface area contributed by atoms with Crippen molar-refractivity contribution >= 4 is 11.1 Å². The first-order valence-electron chi connectivity index (χ1n) is 4.02. The van der Waals surface area contributed by atoms with Crippen LogP contribution in [0.25, 0.3) is 11.3 Å². The van der Waals surface area contributed by atoms with Crippen molar-refractivity contribution in [3.8, 4) is 11.3 Å². The molecule has 0 aliphatic heterocycles. The van der Waals surface area contributed by atoms with Crippen LogP contribution >= 0.6 is 0 Å². The van der Waals surface area contributed by atoms with Gasteiger partial charge in [0.05, 0.1) is 11.2 Å². The summed E-state index contributed by atoms with van der Waals surface area (Å²) in [4.78, 5) is 0.374. The van der Waals surface area contributed by atoms with Gasteiger partial charge < -0.3 is 8.97 Å². The lowest BCUT2D eigenvalue weighted by molar-refractivity contribution is 0.564. The molecule has 2 rings (SSSR count). The van der Waals surface area contributed by atoms with Crippen molar-refractivity contribution in [3.05, 3.63) is 42.7 Å². The lowest BCUT2D eigenvalue weighted by atomic mass is 10.2. The van der Waals surface area contributed by atoms with Crippen LogP contribution in [-0.4, -0.2) is 8.76 Å². The van der Waals surface area contributed by atoms with Gasteiger partial charge in [0.15, 0.2) is 11.1 Å². The van der Waals surface area contributed by atoms with E-state index in [0.29, 0.717) is 10.7 Å². The molecular weight excluding hydrogens is 200 g/mol. The molecule has 0 saturated carbocycles. The Morgan fingerprint density at radius 1 is 1.21 bits per heavy atom. The Bertz CT molecular complexity index is 448. The number of furan rings is 1. The van der Waals surface area contributed by atoms with E-state index in [1.165, 1.54) is 0 Å². The maximum Gasteiger partial charge on any atom is 0.186 e. The molecule has 2 aromatic rings. The Labute approximate surface area is 83.7 Å². The molecule has 0 aliphatic carbocycles. The topological polar surface area (TPSA) is 50.4 Å². The molecular formula is C10H8O3S. The second-order valence-corrected chi connectivity index (χ2v) is 3.72. The van der Waals surface area contributed by atoms with Gasteiger partial charge in [-0.2, -0.15) is 0 Å². The van der Waals surface area contributed by atoms with Gasteiger partial charge in [-0.3, -0.25) is 0 Å². The minimum absolute atomic E-state index is 0.374. The van der Waals surface area contributed by atoms with Gasteiger partial charge in [-0.05, 0) is 24.3 Å². The maximum absolute atomic E-state index is 10.8. The normalized spacial score (nSPS) is 12.6. The highest BCUT2D eigenvalue weighted by molar-refractivity contribution is 7.79. The van der Waals surface area contributed by atoms with Crippen LogP contribution in [0.15, 0.2) is 52.0 Å². The van der Waals surface area contributed by atoms with Gasteiger partial charge in [-0.25, -0.2) is 4.21 Å². The van der Waals surface area contributed by atoms with Gasteiger partial charge in [-0.15, -0.1) is 0 Å². The predicted molar refractivity (Wildman–Crippen MR) is 53.2 cm³/mol. The number of rotatable bonds is 2. The fourth-order valence-electron chi connectivity index (χ4n) is 1.20. The minimum atomic E-state index is -1.94. The molecule has 0 aliphatic rings. The predicted octanol–water partition coefficient (Wildman–Crippen LogP) is 2.53. The molecule has 0 spiro atoms. The minimum Gasteiger partial charge on any atom is -0.464 e. The molecule has 0 amide bonds. The zero-order chi connectivity index (χ0) is 9.97. The van der Waals surface area contributed by atoms with Gasteiger partial charge in [0.2, 0.25) is 0 Å². The number of benzene rings is 1. The Morgan fingerprint density at radius 3 is 2.71 bits per heavy atom. The quantitative estimate of drug-likeness (QED) is 0.771. The summed E-state index contributed by atoms with van der Waals surface area (Å²) in [6.07, 6.45) is 1.57. The van der Waals surface area contributed by atoms with E-state index < -0.39 is 11.1 Å². The summed E-state index contributed by atoms with van der Waals surface area (Å²) < 4.78 is 24.9. The summed E-state index contributed by atoms with van der Waals surface area (Å²) in [6, 6.07) is 10.4. The van der Waals surface area contributed by atoms with Gasteiger partial charge in [-0.1, -0.05) is 12.1 Å². The van der Waals surface area contributed by atoms with Crippen LogP contribution in [0.5, 0.6) is 0 Å². The lowest BCUT2D eigenvalue weighted by Gasteiger charge is -1.98. The largest absolute Gasteiger partial charge is 0.464 e. The summed E-state index contributed by atoms with van der Waals surface area (Å²) in [7, 11) is 0. The van der Waals surface area contributed by atoms with Gasteiger partial charge in [0.1, 0.15) is 5.76 Å². The molecule has 1 atom stereocenters. The number of hydrogen-bond acceptors (Lipinski definition) is 2. The molecule has 1 aromatic heterocycles. The van der Waals surface area contributed by atoms with E-state index in [2.05, 4.69) is 0 Å². The van der Waals surface area contributed by atoms with E-state index in [1.54, 1.807) is 36.6 Å².